The summed E-state index contributed by atoms with van der Waals surface area (Å²) < 4.78 is 11.6. The third-order valence-corrected chi connectivity index (χ3v) is 5.65. The molecule has 2 aromatic rings. The standard InChI is InChI=1S/C23H25NO6/c25-20-2-1-3-21(20)30-19-10-6-17(7-11-19)24-13-15(12-22(24)26)14-29-18-8-4-16(5-9-18)23(27)28/h4-11,15,20-21,25H,1-3,12-14H2,(H,27,28). The van der Waals surface area contributed by atoms with Gasteiger partial charge in [0.2, 0.25) is 5.91 Å². The van der Waals surface area contributed by atoms with Crippen LogP contribution < -0.4 is 14.4 Å². The highest BCUT2D eigenvalue weighted by atomic mass is 16.5. The average molecular weight is 411 g/mol. The van der Waals surface area contributed by atoms with E-state index in [0.29, 0.717) is 31.1 Å². The predicted octanol–water partition coefficient (Wildman–Crippen LogP) is 3.11. The summed E-state index contributed by atoms with van der Waals surface area (Å²) in [4.78, 5) is 25.1. The average Bonchev–Trinajstić information content (AvgIpc) is 3.32. The second-order valence-electron chi connectivity index (χ2n) is 7.86. The molecule has 4 rings (SSSR count). The smallest absolute Gasteiger partial charge is 0.335 e. The Labute approximate surface area is 174 Å². The highest BCUT2D eigenvalue weighted by molar-refractivity contribution is 5.95. The number of hydrogen-bond acceptors (Lipinski definition) is 5. The minimum Gasteiger partial charge on any atom is -0.493 e. The first-order valence-corrected chi connectivity index (χ1v) is 10.2. The Balaban J connectivity index is 1.31. The molecule has 1 amide bonds. The molecule has 30 heavy (non-hydrogen) atoms. The zero-order valence-corrected chi connectivity index (χ0v) is 16.6. The van der Waals surface area contributed by atoms with E-state index in [9.17, 15) is 14.7 Å². The molecule has 2 fully saturated rings. The number of carboxylic acids is 1. The van der Waals surface area contributed by atoms with Crippen molar-refractivity contribution >= 4 is 17.6 Å². The molecule has 1 heterocycles. The van der Waals surface area contributed by atoms with Crippen LogP contribution in [0.5, 0.6) is 11.5 Å². The van der Waals surface area contributed by atoms with E-state index < -0.39 is 12.1 Å². The molecule has 0 radical (unpaired) electrons. The third kappa shape index (κ3) is 4.57. The molecule has 0 aromatic heterocycles. The number of carboxylic acid groups (broad SMARTS) is 1. The van der Waals surface area contributed by atoms with Gasteiger partial charge in [-0.25, -0.2) is 4.79 Å². The van der Waals surface area contributed by atoms with Crippen molar-refractivity contribution < 1.29 is 29.3 Å². The number of aromatic carboxylic acids is 1. The predicted molar refractivity (Wildman–Crippen MR) is 110 cm³/mol. The van der Waals surface area contributed by atoms with Crippen molar-refractivity contribution in [2.75, 3.05) is 18.1 Å². The lowest BCUT2D eigenvalue weighted by Gasteiger charge is -2.20. The Hall–Kier alpha value is -3.06. The van der Waals surface area contributed by atoms with Crippen LogP contribution >= 0.6 is 0 Å². The summed E-state index contributed by atoms with van der Waals surface area (Å²) in [6, 6.07) is 13.6. The molecule has 158 valence electrons. The van der Waals surface area contributed by atoms with Crippen molar-refractivity contribution in [2.24, 2.45) is 5.92 Å². The number of amides is 1. The van der Waals surface area contributed by atoms with E-state index in [1.54, 1.807) is 17.0 Å². The molecule has 2 N–H and O–H groups in total. The van der Waals surface area contributed by atoms with Gasteiger partial charge in [0.1, 0.15) is 17.6 Å². The van der Waals surface area contributed by atoms with Gasteiger partial charge in [-0.15, -0.1) is 0 Å². The number of anilines is 1. The first kappa shape index (κ1) is 20.2. The van der Waals surface area contributed by atoms with Crippen molar-refractivity contribution in [2.45, 2.75) is 37.9 Å². The van der Waals surface area contributed by atoms with E-state index in [1.807, 2.05) is 24.3 Å². The van der Waals surface area contributed by atoms with Crippen molar-refractivity contribution in [3.8, 4) is 11.5 Å². The SMILES string of the molecule is O=C(O)c1ccc(OCC2CC(=O)N(c3ccc(OC4CCCC4O)cc3)C2)cc1. The van der Waals surface area contributed by atoms with Crippen LogP contribution in [-0.4, -0.2) is 47.4 Å². The van der Waals surface area contributed by atoms with Crippen LogP contribution in [0.25, 0.3) is 0 Å². The van der Waals surface area contributed by atoms with E-state index in [4.69, 9.17) is 14.6 Å². The molecule has 7 nitrogen and oxygen atoms in total. The largest absolute Gasteiger partial charge is 0.493 e. The monoisotopic (exact) mass is 411 g/mol. The number of hydrogen-bond donors (Lipinski definition) is 2. The van der Waals surface area contributed by atoms with Crippen LogP contribution in [0.1, 0.15) is 36.0 Å². The number of nitrogens with zero attached hydrogens (tertiary/aromatic N) is 1. The molecule has 0 spiro atoms. The minimum atomic E-state index is -0.977. The fourth-order valence-corrected chi connectivity index (χ4v) is 3.97. The molecule has 2 aromatic carbocycles. The van der Waals surface area contributed by atoms with E-state index in [0.717, 1.165) is 24.9 Å². The van der Waals surface area contributed by atoms with Crippen molar-refractivity contribution in [3.05, 3.63) is 54.1 Å². The summed E-state index contributed by atoms with van der Waals surface area (Å²) in [6.07, 6.45) is 2.44. The third-order valence-electron chi connectivity index (χ3n) is 5.65. The fraction of sp³-hybridized carbons (Fsp3) is 0.391. The maximum absolute atomic E-state index is 12.5. The number of benzene rings is 2. The van der Waals surface area contributed by atoms with Gasteiger partial charge in [-0.2, -0.15) is 0 Å². The molecule has 7 heteroatoms. The molecule has 1 saturated heterocycles. The molecule has 1 aliphatic carbocycles. The molecule has 3 unspecified atom stereocenters. The topological polar surface area (TPSA) is 96.3 Å². The lowest BCUT2D eigenvalue weighted by molar-refractivity contribution is -0.117. The van der Waals surface area contributed by atoms with Crippen LogP contribution in [0, 0.1) is 5.92 Å². The highest BCUT2D eigenvalue weighted by Crippen LogP contribution is 2.29. The fourth-order valence-electron chi connectivity index (χ4n) is 3.97. The zero-order valence-electron chi connectivity index (χ0n) is 16.6. The van der Waals surface area contributed by atoms with Gasteiger partial charge in [0.25, 0.3) is 0 Å². The van der Waals surface area contributed by atoms with E-state index >= 15 is 0 Å². The summed E-state index contributed by atoms with van der Waals surface area (Å²) in [5.74, 6) is 0.405. The summed E-state index contributed by atoms with van der Waals surface area (Å²) in [6.45, 7) is 0.947. The van der Waals surface area contributed by atoms with Crippen molar-refractivity contribution in [1.29, 1.82) is 0 Å². The molecule has 2 aliphatic rings. The summed E-state index contributed by atoms with van der Waals surface area (Å²) >= 11 is 0. The Morgan fingerprint density at radius 3 is 2.37 bits per heavy atom. The van der Waals surface area contributed by atoms with Crippen LogP contribution in [-0.2, 0) is 4.79 Å². The van der Waals surface area contributed by atoms with Gasteiger partial charge in [-0.1, -0.05) is 0 Å². The number of aliphatic hydroxyl groups excluding tert-OH is 1. The first-order valence-electron chi connectivity index (χ1n) is 10.2. The number of rotatable bonds is 7. The summed E-state index contributed by atoms with van der Waals surface area (Å²) in [7, 11) is 0. The number of ether oxygens (including phenoxy) is 2. The van der Waals surface area contributed by atoms with Gasteiger partial charge in [0, 0.05) is 24.6 Å². The molecule has 1 saturated carbocycles. The van der Waals surface area contributed by atoms with Gasteiger partial charge < -0.3 is 24.6 Å². The Morgan fingerprint density at radius 2 is 1.73 bits per heavy atom. The van der Waals surface area contributed by atoms with Gasteiger partial charge in [-0.3, -0.25) is 4.79 Å². The highest BCUT2D eigenvalue weighted by Gasteiger charge is 2.31. The molecule has 0 bridgehead atoms. The number of aliphatic hydroxyl groups is 1. The zero-order chi connectivity index (χ0) is 21.1. The van der Waals surface area contributed by atoms with E-state index in [-0.39, 0.29) is 23.5 Å². The summed E-state index contributed by atoms with van der Waals surface area (Å²) in [5, 5.41) is 18.8. The van der Waals surface area contributed by atoms with E-state index in [1.165, 1.54) is 12.1 Å². The van der Waals surface area contributed by atoms with Crippen molar-refractivity contribution in [3.63, 3.8) is 0 Å². The van der Waals surface area contributed by atoms with Crippen molar-refractivity contribution in [1.82, 2.24) is 0 Å². The normalized spacial score (nSPS) is 23.6. The van der Waals surface area contributed by atoms with Gasteiger partial charge in [0.05, 0.1) is 18.3 Å². The lowest BCUT2D eigenvalue weighted by atomic mass is 10.1. The Kier molecular flexibility index (Phi) is 5.90. The van der Waals surface area contributed by atoms with Gasteiger partial charge >= 0.3 is 5.97 Å². The van der Waals surface area contributed by atoms with Gasteiger partial charge in [-0.05, 0) is 67.8 Å². The number of carbonyl (C=O) groups is 2. The Morgan fingerprint density at radius 1 is 1.03 bits per heavy atom. The van der Waals surface area contributed by atoms with Crippen LogP contribution in [0.3, 0.4) is 0 Å². The van der Waals surface area contributed by atoms with Crippen LogP contribution in [0.2, 0.25) is 0 Å². The minimum absolute atomic E-state index is 0.0460. The van der Waals surface area contributed by atoms with Crippen LogP contribution in [0.4, 0.5) is 5.69 Å². The second kappa shape index (κ2) is 8.75. The number of carbonyl (C=O) groups excluding carboxylic acids is 1. The molecular weight excluding hydrogens is 386 g/mol. The maximum atomic E-state index is 12.5. The second-order valence-corrected chi connectivity index (χ2v) is 7.86. The molecular formula is C23H25NO6. The van der Waals surface area contributed by atoms with Crippen LogP contribution in [0.15, 0.2) is 48.5 Å². The molecule has 3 atom stereocenters. The lowest BCUT2D eigenvalue weighted by Crippen LogP contribution is -2.26. The maximum Gasteiger partial charge on any atom is 0.335 e. The first-order chi connectivity index (χ1) is 14.5. The Bertz CT molecular complexity index is 895. The van der Waals surface area contributed by atoms with Gasteiger partial charge in [0.15, 0.2) is 0 Å². The molecule has 1 aliphatic heterocycles. The quantitative estimate of drug-likeness (QED) is 0.727. The van der Waals surface area contributed by atoms with E-state index in [2.05, 4.69) is 0 Å². The summed E-state index contributed by atoms with van der Waals surface area (Å²) in [5.41, 5.74) is 1.02.